The Bertz CT molecular complexity index is 870. The van der Waals surface area contributed by atoms with Gasteiger partial charge >= 0.3 is 0 Å². The zero-order valence-corrected chi connectivity index (χ0v) is 16.6. The number of nitrogens with zero attached hydrogens (tertiary/aromatic N) is 1. The number of carbonyl (C=O) groups excluding carboxylic acids is 2. The average molecular weight is 399 g/mol. The molecule has 0 radical (unpaired) electrons. The summed E-state index contributed by atoms with van der Waals surface area (Å²) < 4.78 is 0. The summed E-state index contributed by atoms with van der Waals surface area (Å²) in [5.41, 5.74) is 5.77. The molecule has 3 fully saturated rings. The molecule has 2 amide bonds. The number of aliphatic hydroxyl groups is 1. The molecule has 0 aromatic heterocycles. The number of likely N-dealkylation sites (tertiary alicyclic amines) is 1. The molecule has 5 rings (SSSR count). The molecule has 1 aromatic rings. The third-order valence-electron chi connectivity index (χ3n) is 7.82. The van der Waals surface area contributed by atoms with Crippen LogP contribution in [0.2, 0.25) is 0 Å². The van der Waals surface area contributed by atoms with E-state index >= 15 is 0 Å². The van der Waals surface area contributed by atoms with Crippen molar-refractivity contribution >= 4 is 11.8 Å². The van der Waals surface area contributed by atoms with Gasteiger partial charge in [0, 0.05) is 23.9 Å². The lowest BCUT2D eigenvalue weighted by molar-refractivity contribution is -0.134. The number of phenols is 1. The summed E-state index contributed by atoms with van der Waals surface area (Å²) >= 11 is 0. The lowest BCUT2D eigenvalue weighted by atomic mass is 9.56. The van der Waals surface area contributed by atoms with Crippen molar-refractivity contribution in [1.29, 1.82) is 0 Å². The molecule has 0 unspecified atom stereocenters. The van der Waals surface area contributed by atoms with Gasteiger partial charge in [-0.2, -0.15) is 0 Å². The van der Waals surface area contributed by atoms with Gasteiger partial charge in [0.2, 0.25) is 11.8 Å². The molecular weight excluding hydrogens is 370 g/mol. The van der Waals surface area contributed by atoms with E-state index in [2.05, 4.69) is 10.2 Å². The Morgan fingerprint density at radius 2 is 2.07 bits per heavy atom. The predicted molar refractivity (Wildman–Crippen MR) is 106 cm³/mol. The van der Waals surface area contributed by atoms with Crippen LogP contribution in [0.3, 0.4) is 0 Å². The highest BCUT2D eigenvalue weighted by molar-refractivity contribution is 5.85. The number of hydrogen-bond donors (Lipinski definition) is 4. The fourth-order valence-electron chi connectivity index (χ4n) is 6.33. The highest BCUT2D eigenvalue weighted by Crippen LogP contribution is 2.62. The van der Waals surface area contributed by atoms with E-state index in [1.54, 1.807) is 12.1 Å². The maximum Gasteiger partial charge on any atom is 0.236 e. The van der Waals surface area contributed by atoms with Crippen molar-refractivity contribution in [2.45, 2.75) is 55.6 Å². The van der Waals surface area contributed by atoms with E-state index in [4.69, 9.17) is 5.73 Å². The normalized spacial score (nSPS) is 35.6. The maximum atomic E-state index is 12.8. The molecule has 3 aliphatic carbocycles. The smallest absolute Gasteiger partial charge is 0.236 e. The van der Waals surface area contributed by atoms with Crippen LogP contribution in [0, 0.1) is 11.8 Å². The molecule has 7 nitrogen and oxygen atoms in total. The van der Waals surface area contributed by atoms with Gasteiger partial charge in [0.05, 0.1) is 12.1 Å². The van der Waals surface area contributed by atoms with Crippen LogP contribution < -0.4 is 11.1 Å². The van der Waals surface area contributed by atoms with Gasteiger partial charge in [0.1, 0.15) is 5.75 Å². The Morgan fingerprint density at radius 1 is 1.28 bits per heavy atom. The zero-order chi connectivity index (χ0) is 20.4. The summed E-state index contributed by atoms with van der Waals surface area (Å²) in [7, 11) is 0. The third kappa shape index (κ3) is 2.86. The fourth-order valence-corrected chi connectivity index (χ4v) is 6.33. The first-order valence-electron chi connectivity index (χ1n) is 10.7. The van der Waals surface area contributed by atoms with Crippen LogP contribution >= 0.6 is 0 Å². The third-order valence-corrected chi connectivity index (χ3v) is 7.82. The molecule has 1 heterocycles. The second kappa shape index (κ2) is 6.44. The molecule has 1 aromatic carbocycles. The van der Waals surface area contributed by atoms with Gasteiger partial charge in [-0.15, -0.1) is 0 Å². The van der Waals surface area contributed by atoms with Crippen molar-refractivity contribution in [3.8, 4) is 5.75 Å². The lowest BCUT2D eigenvalue weighted by Gasteiger charge is -2.59. The Hall–Kier alpha value is -2.12. The first-order valence-corrected chi connectivity index (χ1v) is 10.7. The SMILES string of the molecule is NC(=O)CNC(=O)[C@@H]1C[C@]23CCN(CC4CC4)[C@H](Cc4ccc(O)cc42)[C@]3(O)C1. The van der Waals surface area contributed by atoms with Gasteiger partial charge in [0.25, 0.3) is 0 Å². The first-order chi connectivity index (χ1) is 13.8. The van der Waals surface area contributed by atoms with E-state index in [0.717, 1.165) is 43.0 Å². The molecule has 2 bridgehead atoms. The highest BCUT2D eigenvalue weighted by Gasteiger charge is 2.68. The monoisotopic (exact) mass is 399 g/mol. The zero-order valence-electron chi connectivity index (χ0n) is 16.6. The highest BCUT2D eigenvalue weighted by atomic mass is 16.3. The molecule has 1 saturated heterocycles. The summed E-state index contributed by atoms with van der Waals surface area (Å²) in [5.74, 6) is -0.252. The van der Waals surface area contributed by atoms with Crippen LogP contribution in [-0.2, 0) is 21.4 Å². The number of primary amides is 1. The number of fused-ring (bicyclic) bond motifs is 1. The Labute approximate surface area is 170 Å². The van der Waals surface area contributed by atoms with Crippen LogP contribution in [0.25, 0.3) is 0 Å². The van der Waals surface area contributed by atoms with Gasteiger partial charge in [-0.3, -0.25) is 14.5 Å². The van der Waals surface area contributed by atoms with Gasteiger partial charge in [0.15, 0.2) is 0 Å². The Kier molecular flexibility index (Phi) is 4.19. The molecule has 7 heteroatoms. The van der Waals surface area contributed by atoms with Gasteiger partial charge in [-0.25, -0.2) is 0 Å². The van der Waals surface area contributed by atoms with Crippen LogP contribution in [-0.4, -0.2) is 58.2 Å². The minimum atomic E-state index is -1.02. The topological polar surface area (TPSA) is 116 Å². The number of amides is 2. The van der Waals surface area contributed by atoms with Crippen molar-refractivity contribution in [2.75, 3.05) is 19.6 Å². The predicted octanol–water partition coefficient (Wildman–Crippen LogP) is 0.413. The Morgan fingerprint density at radius 3 is 2.79 bits per heavy atom. The molecule has 5 N–H and O–H groups in total. The van der Waals surface area contributed by atoms with Gasteiger partial charge < -0.3 is 21.3 Å². The molecule has 1 aliphatic heterocycles. The number of nitrogens with one attached hydrogen (secondary N) is 1. The van der Waals surface area contributed by atoms with E-state index in [-0.39, 0.29) is 30.2 Å². The van der Waals surface area contributed by atoms with E-state index in [1.165, 1.54) is 12.8 Å². The summed E-state index contributed by atoms with van der Waals surface area (Å²) in [6.07, 6.45) is 4.92. The van der Waals surface area contributed by atoms with Crippen LogP contribution in [0.1, 0.15) is 43.2 Å². The van der Waals surface area contributed by atoms with Crippen LogP contribution in [0.15, 0.2) is 18.2 Å². The minimum Gasteiger partial charge on any atom is -0.508 e. The van der Waals surface area contributed by atoms with Crippen LogP contribution in [0.5, 0.6) is 5.75 Å². The van der Waals surface area contributed by atoms with Crippen molar-refractivity contribution in [1.82, 2.24) is 10.2 Å². The molecule has 4 aliphatic rings. The van der Waals surface area contributed by atoms with E-state index in [9.17, 15) is 19.8 Å². The maximum absolute atomic E-state index is 12.8. The van der Waals surface area contributed by atoms with Crippen LogP contribution in [0.4, 0.5) is 0 Å². The lowest BCUT2D eigenvalue weighted by Crippen LogP contribution is -2.69. The molecule has 0 spiro atoms. The number of nitrogens with two attached hydrogens (primary N) is 1. The minimum absolute atomic E-state index is 0.0252. The molecule has 29 heavy (non-hydrogen) atoms. The second-order valence-electron chi connectivity index (χ2n) is 9.55. The summed E-state index contributed by atoms with van der Waals surface area (Å²) in [6.45, 7) is 1.72. The van der Waals surface area contributed by atoms with Crippen molar-refractivity contribution in [3.63, 3.8) is 0 Å². The Balaban J connectivity index is 1.53. The fraction of sp³-hybridized carbons (Fsp3) is 0.636. The van der Waals surface area contributed by atoms with E-state index < -0.39 is 16.9 Å². The summed E-state index contributed by atoms with van der Waals surface area (Å²) in [5, 5.41) is 24.9. The largest absolute Gasteiger partial charge is 0.508 e. The summed E-state index contributed by atoms with van der Waals surface area (Å²) in [6, 6.07) is 5.45. The number of carbonyl (C=O) groups is 2. The molecule has 2 saturated carbocycles. The van der Waals surface area contributed by atoms with Gasteiger partial charge in [-0.1, -0.05) is 6.07 Å². The van der Waals surface area contributed by atoms with Crippen molar-refractivity contribution in [2.24, 2.45) is 17.6 Å². The van der Waals surface area contributed by atoms with E-state index in [0.29, 0.717) is 12.8 Å². The molecule has 156 valence electrons. The standard InChI is InChI=1S/C22H29N3O4/c23-19(27)11-24-20(28)15-9-21-5-6-25(12-13-1-2-13)18(22(21,29)10-15)7-14-3-4-16(26)8-17(14)21/h3-4,8,13,15,18,26,29H,1-2,5-7,9-12H2,(H2,23,27)(H,24,28)/t15-,18-,21-,22-/m1/s1. The van der Waals surface area contributed by atoms with Gasteiger partial charge in [-0.05, 0) is 74.2 Å². The number of aromatic hydroxyl groups is 1. The molecule has 4 atom stereocenters. The average Bonchev–Trinajstić information content (AvgIpc) is 3.42. The van der Waals surface area contributed by atoms with Crippen molar-refractivity contribution < 1.29 is 19.8 Å². The number of phenolic OH excluding ortho intramolecular Hbond substituents is 1. The number of hydrogen-bond acceptors (Lipinski definition) is 5. The molecular formula is C22H29N3O4. The van der Waals surface area contributed by atoms with E-state index in [1.807, 2.05) is 6.07 Å². The first kappa shape index (κ1) is 18.9. The number of benzene rings is 1. The summed E-state index contributed by atoms with van der Waals surface area (Å²) in [4.78, 5) is 26.3. The quantitative estimate of drug-likeness (QED) is 0.572. The second-order valence-corrected chi connectivity index (χ2v) is 9.55. The number of rotatable bonds is 5. The van der Waals surface area contributed by atoms with Crippen molar-refractivity contribution in [3.05, 3.63) is 29.3 Å². The number of piperidine rings is 1.